The van der Waals surface area contributed by atoms with Crippen LogP contribution in [0.2, 0.25) is 0 Å². The molecular formula is C21H19N3OS2. The van der Waals surface area contributed by atoms with Crippen LogP contribution >= 0.6 is 23.6 Å². The SMILES string of the molecule is COc1ccc([C@H]2C=C(c3cccs3)NN2C(=S)Nc2ccccc2)cc1. The number of para-hydroxylation sites is 1. The lowest BCUT2D eigenvalue weighted by atomic mass is 10.1. The summed E-state index contributed by atoms with van der Waals surface area (Å²) in [4.78, 5) is 1.18. The van der Waals surface area contributed by atoms with Crippen molar-refractivity contribution >= 4 is 40.1 Å². The fourth-order valence-electron chi connectivity index (χ4n) is 2.97. The van der Waals surface area contributed by atoms with E-state index in [-0.39, 0.29) is 6.04 Å². The smallest absolute Gasteiger partial charge is 0.193 e. The van der Waals surface area contributed by atoms with E-state index in [0.717, 1.165) is 22.7 Å². The molecule has 0 saturated heterocycles. The Morgan fingerprint density at radius 2 is 1.85 bits per heavy atom. The third-order valence-corrected chi connectivity index (χ3v) is 5.53. The average Bonchev–Trinajstić information content (AvgIpc) is 3.39. The molecule has 0 unspecified atom stereocenters. The van der Waals surface area contributed by atoms with E-state index in [4.69, 9.17) is 17.0 Å². The van der Waals surface area contributed by atoms with Crippen LogP contribution in [0, 0.1) is 0 Å². The van der Waals surface area contributed by atoms with Gasteiger partial charge in [0.25, 0.3) is 0 Å². The van der Waals surface area contributed by atoms with Gasteiger partial charge < -0.3 is 10.1 Å². The molecule has 4 rings (SSSR count). The van der Waals surface area contributed by atoms with E-state index in [9.17, 15) is 0 Å². The molecule has 1 aliphatic heterocycles. The summed E-state index contributed by atoms with van der Waals surface area (Å²) >= 11 is 7.40. The van der Waals surface area contributed by atoms with Gasteiger partial charge in [0.15, 0.2) is 5.11 Å². The Kier molecular flexibility index (Phi) is 5.09. The van der Waals surface area contributed by atoms with E-state index >= 15 is 0 Å². The van der Waals surface area contributed by atoms with Gasteiger partial charge in [-0.15, -0.1) is 11.3 Å². The zero-order valence-corrected chi connectivity index (χ0v) is 16.4. The van der Waals surface area contributed by atoms with Gasteiger partial charge in [-0.05, 0) is 59.6 Å². The maximum absolute atomic E-state index is 5.70. The minimum absolute atomic E-state index is 0.0169. The molecule has 0 radical (unpaired) electrons. The molecule has 0 bridgehead atoms. The van der Waals surface area contributed by atoms with Crippen LogP contribution in [0.5, 0.6) is 5.75 Å². The molecule has 1 aromatic heterocycles. The Morgan fingerprint density at radius 1 is 1.07 bits per heavy atom. The van der Waals surface area contributed by atoms with Gasteiger partial charge in [0.2, 0.25) is 0 Å². The first-order valence-electron chi connectivity index (χ1n) is 8.56. The number of methoxy groups -OCH3 is 1. The largest absolute Gasteiger partial charge is 0.497 e. The number of hydrogen-bond acceptors (Lipinski definition) is 4. The van der Waals surface area contributed by atoms with E-state index in [2.05, 4.69) is 40.4 Å². The summed E-state index contributed by atoms with van der Waals surface area (Å²) in [7, 11) is 1.67. The number of thiocarbonyl (C=S) groups is 1. The lowest BCUT2D eigenvalue weighted by molar-refractivity contribution is 0.348. The number of anilines is 1. The molecule has 2 aromatic carbocycles. The summed E-state index contributed by atoms with van der Waals surface area (Å²) in [6, 6.07) is 22.2. The van der Waals surface area contributed by atoms with E-state index < -0.39 is 0 Å². The summed E-state index contributed by atoms with van der Waals surface area (Å²) in [5, 5.41) is 7.99. The molecular weight excluding hydrogens is 374 g/mol. The predicted octanol–water partition coefficient (Wildman–Crippen LogP) is 5.06. The number of rotatable bonds is 4. The maximum atomic E-state index is 5.70. The second-order valence-electron chi connectivity index (χ2n) is 6.05. The Labute approximate surface area is 168 Å². The highest BCUT2D eigenvalue weighted by Crippen LogP contribution is 2.33. The molecule has 3 aromatic rings. The van der Waals surface area contributed by atoms with E-state index in [1.165, 1.54) is 4.88 Å². The first-order valence-corrected chi connectivity index (χ1v) is 9.85. The Morgan fingerprint density at radius 3 is 2.52 bits per heavy atom. The van der Waals surface area contributed by atoms with Gasteiger partial charge in [-0.25, -0.2) is 0 Å². The highest BCUT2D eigenvalue weighted by atomic mass is 32.1. The van der Waals surface area contributed by atoms with E-state index in [1.54, 1.807) is 18.4 Å². The number of hydrogen-bond donors (Lipinski definition) is 2. The highest BCUT2D eigenvalue weighted by Gasteiger charge is 2.29. The lowest BCUT2D eigenvalue weighted by Crippen LogP contribution is -2.42. The molecule has 1 aliphatic rings. The van der Waals surface area contributed by atoms with E-state index in [1.807, 2.05) is 53.5 Å². The standard InChI is InChI=1S/C21H19N3OS2/c1-25-17-11-9-15(10-12-17)19-14-18(20-8-5-13-27-20)23-24(19)21(26)22-16-6-3-2-4-7-16/h2-14,19,23H,1H3,(H,22,26)/t19-/m1/s1. The molecule has 0 fully saturated rings. The molecule has 0 spiro atoms. The second kappa shape index (κ2) is 7.82. The molecule has 136 valence electrons. The van der Waals surface area contributed by atoms with Crippen molar-refractivity contribution in [1.29, 1.82) is 0 Å². The lowest BCUT2D eigenvalue weighted by Gasteiger charge is -2.28. The van der Waals surface area contributed by atoms with Gasteiger partial charge in [-0.1, -0.05) is 36.4 Å². The summed E-state index contributed by atoms with van der Waals surface area (Å²) in [6.45, 7) is 0. The van der Waals surface area contributed by atoms with Crippen LogP contribution in [-0.2, 0) is 0 Å². The zero-order valence-electron chi connectivity index (χ0n) is 14.8. The van der Waals surface area contributed by atoms with Gasteiger partial charge in [-0.3, -0.25) is 10.4 Å². The minimum Gasteiger partial charge on any atom is -0.497 e. The fraction of sp³-hybridized carbons (Fsp3) is 0.0952. The monoisotopic (exact) mass is 393 g/mol. The molecule has 27 heavy (non-hydrogen) atoms. The number of benzene rings is 2. The third kappa shape index (κ3) is 3.82. The quantitative estimate of drug-likeness (QED) is 0.606. The van der Waals surface area contributed by atoms with Gasteiger partial charge in [0, 0.05) is 5.69 Å². The number of thiophene rings is 1. The van der Waals surface area contributed by atoms with Crippen LogP contribution in [0.25, 0.3) is 5.70 Å². The molecule has 1 atom stereocenters. The second-order valence-corrected chi connectivity index (χ2v) is 7.39. The van der Waals surface area contributed by atoms with Crippen LogP contribution in [-0.4, -0.2) is 17.2 Å². The molecule has 4 nitrogen and oxygen atoms in total. The predicted molar refractivity (Wildman–Crippen MR) is 116 cm³/mol. The van der Waals surface area contributed by atoms with Crippen molar-refractivity contribution in [3.05, 3.63) is 88.6 Å². The maximum Gasteiger partial charge on any atom is 0.193 e. The first kappa shape index (κ1) is 17.6. The molecule has 2 N–H and O–H groups in total. The number of nitrogens with zero attached hydrogens (tertiary/aromatic N) is 1. The minimum atomic E-state index is -0.0169. The summed E-state index contributed by atoms with van der Waals surface area (Å²) in [6.07, 6.45) is 2.20. The van der Waals surface area contributed by atoms with Crippen molar-refractivity contribution in [3.8, 4) is 5.75 Å². The Bertz CT molecular complexity index is 937. The van der Waals surface area contributed by atoms with Crippen LogP contribution in [0.3, 0.4) is 0 Å². The van der Waals surface area contributed by atoms with Gasteiger partial charge >= 0.3 is 0 Å². The van der Waals surface area contributed by atoms with Crippen molar-refractivity contribution in [2.45, 2.75) is 6.04 Å². The van der Waals surface area contributed by atoms with Crippen molar-refractivity contribution < 1.29 is 4.74 Å². The number of nitrogens with one attached hydrogen (secondary N) is 2. The van der Waals surface area contributed by atoms with Gasteiger partial charge in [0.05, 0.1) is 23.7 Å². The number of ether oxygens (including phenoxy) is 1. The number of hydrazine groups is 1. The summed E-state index contributed by atoms with van der Waals surface area (Å²) in [5.74, 6) is 0.837. The van der Waals surface area contributed by atoms with Crippen molar-refractivity contribution in [2.24, 2.45) is 0 Å². The molecule has 0 aliphatic carbocycles. The first-order chi connectivity index (χ1) is 13.2. The van der Waals surface area contributed by atoms with Crippen LogP contribution in [0.4, 0.5) is 5.69 Å². The van der Waals surface area contributed by atoms with Crippen LogP contribution < -0.4 is 15.5 Å². The van der Waals surface area contributed by atoms with E-state index in [0.29, 0.717) is 5.11 Å². The molecule has 6 heteroatoms. The normalized spacial score (nSPS) is 15.8. The average molecular weight is 394 g/mol. The van der Waals surface area contributed by atoms with Crippen molar-refractivity contribution in [3.63, 3.8) is 0 Å². The Balaban J connectivity index is 1.62. The molecule has 0 amide bonds. The van der Waals surface area contributed by atoms with Gasteiger partial charge in [0.1, 0.15) is 5.75 Å². The van der Waals surface area contributed by atoms with Crippen molar-refractivity contribution in [1.82, 2.24) is 10.4 Å². The summed E-state index contributed by atoms with van der Waals surface area (Å²) < 4.78 is 5.28. The molecule has 2 heterocycles. The van der Waals surface area contributed by atoms with Gasteiger partial charge in [-0.2, -0.15) is 0 Å². The fourth-order valence-corrected chi connectivity index (χ4v) is 3.95. The Hall–Kier alpha value is -2.83. The van der Waals surface area contributed by atoms with Crippen LogP contribution in [0.15, 0.2) is 78.2 Å². The van der Waals surface area contributed by atoms with Crippen LogP contribution in [0.1, 0.15) is 16.5 Å². The van der Waals surface area contributed by atoms with Crippen molar-refractivity contribution in [2.75, 3.05) is 12.4 Å². The zero-order chi connectivity index (χ0) is 18.6. The third-order valence-electron chi connectivity index (χ3n) is 4.33. The topological polar surface area (TPSA) is 36.5 Å². The molecule has 0 saturated carbocycles. The summed E-state index contributed by atoms with van der Waals surface area (Å²) in [5.41, 5.74) is 6.61. The highest BCUT2D eigenvalue weighted by molar-refractivity contribution is 7.80.